The Morgan fingerprint density at radius 2 is 2.09 bits per heavy atom. The number of aromatic nitrogens is 2. The van der Waals surface area contributed by atoms with E-state index in [1.807, 2.05) is 13.0 Å². The van der Waals surface area contributed by atoms with Crippen molar-refractivity contribution in [2.45, 2.75) is 26.8 Å². The molecule has 0 aliphatic carbocycles. The first-order chi connectivity index (χ1) is 10.4. The molecule has 0 aromatic carbocycles. The minimum atomic E-state index is -1.04. The molecule has 3 N–H and O–H groups in total. The van der Waals surface area contributed by atoms with Crippen LogP contribution in [0.5, 0.6) is 0 Å². The number of carbonyl (C=O) groups excluding carboxylic acids is 1. The van der Waals surface area contributed by atoms with Gasteiger partial charge in [0.2, 0.25) is 5.91 Å². The minimum absolute atomic E-state index is 0.0441. The van der Waals surface area contributed by atoms with Gasteiger partial charge in [0, 0.05) is 4.88 Å². The van der Waals surface area contributed by atoms with Gasteiger partial charge in [0.1, 0.15) is 23.0 Å². The fraction of sp³-hybridized carbons (Fsp3) is 0.429. The molecule has 22 heavy (non-hydrogen) atoms. The molecule has 1 amide bonds. The second kappa shape index (κ2) is 6.69. The molecule has 1 unspecified atom stereocenters. The lowest BCUT2D eigenvalue weighted by Crippen LogP contribution is -2.46. The summed E-state index contributed by atoms with van der Waals surface area (Å²) in [7, 11) is 0. The van der Waals surface area contributed by atoms with Gasteiger partial charge >= 0.3 is 5.97 Å². The summed E-state index contributed by atoms with van der Waals surface area (Å²) < 4.78 is 0. The van der Waals surface area contributed by atoms with Crippen LogP contribution < -0.4 is 10.6 Å². The first kappa shape index (κ1) is 16.2. The van der Waals surface area contributed by atoms with Crippen molar-refractivity contribution >= 4 is 39.2 Å². The van der Waals surface area contributed by atoms with Crippen LogP contribution in [0.2, 0.25) is 0 Å². The van der Waals surface area contributed by atoms with Gasteiger partial charge in [-0.15, -0.1) is 11.3 Å². The Labute approximate surface area is 131 Å². The number of anilines is 1. The summed E-state index contributed by atoms with van der Waals surface area (Å²) in [5.74, 6) is -1.05. The molecule has 0 radical (unpaired) electrons. The van der Waals surface area contributed by atoms with Crippen LogP contribution in [0.3, 0.4) is 0 Å². The van der Waals surface area contributed by atoms with Gasteiger partial charge in [-0.25, -0.2) is 14.8 Å². The molecular weight excluding hydrogens is 304 g/mol. The average Bonchev–Trinajstić information content (AvgIpc) is 2.82. The number of hydrogen-bond donors (Lipinski definition) is 3. The number of amides is 1. The summed E-state index contributed by atoms with van der Waals surface area (Å²) in [4.78, 5) is 33.2. The van der Waals surface area contributed by atoms with Crippen LogP contribution in [0.25, 0.3) is 10.2 Å². The topological polar surface area (TPSA) is 104 Å². The second-order valence-corrected chi connectivity index (χ2v) is 6.51. The molecule has 0 aliphatic rings. The summed E-state index contributed by atoms with van der Waals surface area (Å²) in [6, 6.07) is 1.05. The maximum absolute atomic E-state index is 11.9. The minimum Gasteiger partial charge on any atom is -0.480 e. The van der Waals surface area contributed by atoms with E-state index in [0.717, 1.165) is 15.1 Å². The number of fused-ring (bicyclic) bond motifs is 1. The summed E-state index contributed by atoms with van der Waals surface area (Å²) >= 11 is 1.55. The van der Waals surface area contributed by atoms with Gasteiger partial charge in [0.25, 0.3) is 0 Å². The first-order valence-corrected chi connectivity index (χ1v) is 7.67. The van der Waals surface area contributed by atoms with E-state index in [1.165, 1.54) is 6.33 Å². The van der Waals surface area contributed by atoms with Crippen LogP contribution in [0.4, 0.5) is 5.82 Å². The number of hydrogen-bond acceptors (Lipinski definition) is 6. The van der Waals surface area contributed by atoms with Crippen molar-refractivity contribution in [3.05, 3.63) is 17.3 Å². The van der Waals surface area contributed by atoms with Gasteiger partial charge in [0.15, 0.2) is 0 Å². The molecular formula is C14H18N4O3S. The third-order valence-electron chi connectivity index (χ3n) is 3.12. The lowest BCUT2D eigenvalue weighted by molar-refractivity contribution is -0.142. The van der Waals surface area contributed by atoms with Crippen molar-refractivity contribution in [1.29, 1.82) is 0 Å². The van der Waals surface area contributed by atoms with Gasteiger partial charge in [0.05, 0.1) is 11.9 Å². The van der Waals surface area contributed by atoms with Crippen LogP contribution in [0.1, 0.15) is 18.7 Å². The highest BCUT2D eigenvalue weighted by atomic mass is 32.1. The van der Waals surface area contributed by atoms with E-state index >= 15 is 0 Å². The van der Waals surface area contributed by atoms with Gasteiger partial charge in [-0.3, -0.25) is 4.79 Å². The summed E-state index contributed by atoms with van der Waals surface area (Å²) in [6.45, 7) is 5.42. The highest BCUT2D eigenvalue weighted by molar-refractivity contribution is 7.18. The summed E-state index contributed by atoms with van der Waals surface area (Å²) in [5.41, 5.74) is 0. The Morgan fingerprint density at radius 3 is 2.73 bits per heavy atom. The number of aryl methyl sites for hydroxylation is 1. The number of carboxylic acids is 1. The number of carbonyl (C=O) groups is 2. The third-order valence-corrected chi connectivity index (χ3v) is 4.08. The van der Waals surface area contributed by atoms with Crippen molar-refractivity contribution in [2.75, 3.05) is 11.9 Å². The van der Waals surface area contributed by atoms with E-state index in [9.17, 15) is 9.59 Å². The molecule has 8 heteroatoms. The normalized spacial score (nSPS) is 12.4. The van der Waals surface area contributed by atoms with Gasteiger partial charge in [-0.2, -0.15) is 0 Å². The lowest BCUT2D eigenvalue weighted by atomic mass is 10.1. The molecule has 2 aromatic heterocycles. The number of nitrogens with one attached hydrogen (secondary N) is 2. The SMILES string of the molecule is Cc1cc2c(NCC(=O)NC(C(=O)O)C(C)C)ncnc2s1. The molecule has 0 saturated heterocycles. The standard InChI is InChI=1S/C14H18N4O3S/c1-7(2)11(14(20)21)18-10(19)5-15-12-9-4-8(3)22-13(9)17-6-16-12/h4,6-7,11H,5H2,1-3H3,(H,18,19)(H,20,21)(H,15,16,17). The van der Waals surface area contributed by atoms with E-state index in [1.54, 1.807) is 25.2 Å². The summed E-state index contributed by atoms with van der Waals surface area (Å²) in [5, 5.41) is 15.4. The maximum Gasteiger partial charge on any atom is 0.326 e. The molecule has 2 aromatic rings. The number of rotatable bonds is 6. The van der Waals surface area contributed by atoms with Crippen molar-refractivity contribution in [2.24, 2.45) is 5.92 Å². The van der Waals surface area contributed by atoms with Gasteiger partial charge in [-0.1, -0.05) is 13.8 Å². The third kappa shape index (κ3) is 3.70. The van der Waals surface area contributed by atoms with Crippen LogP contribution in [-0.2, 0) is 9.59 Å². The Balaban J connectivity index is 2.02. The van der Waals surface area contributed by atoms with Crippen LogP contribution in [0.15, 0.2) is 12.4 Å². The number of thiophene rings is 1. The number of nitrogens with zero attached hydrogens (tertiary/aromatic N) is 2. The highest BCUT2D eigenvalue weighted by Gasteiger charge is 2.23. The molecule has 0 fully saturated rings. The van der Waals surface area contributed by atoms with Crippen molar-refractivity contribution in [3.8, 4) is 0 Å². The zero-order chi connectivity index (χ0) is 16.3. The van der Waals surface area contributed by atoms with Crippen LogP contribution in [-0.4, -0.2) is 39.5 Å². The predicted octanol–water partition coefficient (Wildman–Crippen LogP) is 1.64. The number of aliphatic carboxylic acids is 1. The van der Waals surface area contributed by atoms with Crippen LogP contribution >= 0.6 is 11.3 Å². The molecule has 0 saturated carbocycles. The largest absolute Gasteiger partial charge is 0.480 e. The van der Waals surface area contributed by atoms with Crippen LogP contribution in [0, 0.1) is 12.8 Å². The maximum atomic E-state index is 11.9. The van der Waals surface area contributed by atoms with E-state index in [2.05, 4.69) is 20.6 Å². The monoisotopic (exact) mass is 322 g/mol. The lowest BCUT2D eigenvalue weighted by Gasteiger charge is -2.18. The first-order valence-electron chi connectivity index (χ1n) is 6.85. The predicted molar refractivity (Wildman–Crippen MR) is 85.0 cm³/mol. The Bertz CT molecular complexity index is 698. The van der Waals surface area contributed by atoms with Crippen molar-refractivity contribution in [3.63, 3.8) is 0 Å². The van der Waals surface area contributed by atoms with E-state index in [4.69, 9.17) is 5.11 Å². The van der Waals surface area contributed by atoms with Gasteiger partial charge in [-0.05, 0) is 18.9 Å². The molecule has 0 aliphatic heterocycles. The van der Waals surface area contributed by atoms with E-state index in [0.29, 0.717) is 5.82 Å². The molecule has 0 spiro atoms. The zero-order valence-electron chi connectivity index (χ0n) is 12.6. The molecule has 1 atom stereocenters. The number of carboxylic acid groups (broad SMARTS) is 1. The van der Waals surface area contributed by atoms with E-state index in [-0.39, 0.29) is 18.4 Å². The van der Waals surface area contributed by atoms with Crippen molar-refractivity contribution < 1.29 is 14.7 Å². The quantitative estimate of drug-likeness (QED) is 0.747. The smallest absolute Gasteiger partial charge is 0.326 e. The molecule has 2 heterocycles. The Morgan fingerprint density at radius 1 is 1.36 bits per heavy atom. The van der Waals surface area contributed by atoms with Gasteiger partial charge < -0.3 is 15.7 Å². The highest BCUT2D eigenvalue weighted by Crippen LogP contribution is 2.27. The Hall–Kier alpha value is -2.22. The fourth-order valence-corrected chi connectivity index (χ4v) is 2.87. The van der Waals surface area contributed by atoms with E-state index < -0.39 is 12.0 Å². The average molecular weight is 322 g/mol. The fourth-order valence-electron chi connectivity index (χ4n) is 2.02. The zero-order valence-corrected chi connectivity index (χ0v) is 13.4. The Kier molecular flexibility index (Phi) is 4.92. The molecule has 0 bridgehead atoms. The van der Waals surface area contributed by atoms with Crippen molar-refractivity contribution in [1.82, 2.24) is 15.3 Å². The molecule has 118 valence electrons. The summed E-state index contributed by atoms with van der Waals surface area (Å²) in [6.07, 6.45) is 1.44. The molecule has 7 nitrogen and oxygen atoms in total. The second-order valence-electron chi connectivity index (χ2n) is 5.28. The molecule has 2 rings (SSSR count).